The van der Waals surface area contributed by atoms with Gasteiger partial charge in [0.1, 0.15) is 10.6 Å². The summed E-state index contributed by atoms with van der Waals surface area (Å²) in [6, 6.07) is 5.11. The minimum Gasteiger partial charge on any atom is -0.478 e. The van der Waals surface area contributed by atoms with Crippen LogP contribution in [0.1, 0.15) is 26.4 Å². The number of carboxylic acid groups (broad SMARTS) is 1. The third-order valence-electron chi connectivity index (χ3n) is 2.72. The van der Waals surface area contributed by atoms with Crippen molar-refractivity contribution in [2.75, 3.05) is 11.6 Å². The van der Waals surface area contributed by atoms with Crippen LogP contribution in [-0.2, 0) is 0 Å². The van der Waals surface area contributed by atoms with Gasteiger partial charge in [-0.3, -0.25) is 4.79 Å². The average Bonchev–Trinajstić information content (AvgIpc) is 2.80. The number of aromatic carboxylic acids is 1. The predicted octanol–water partition coefficient (Wildman–Crippen LogP) is 3.78. The average molecular weight is 343 g/mol. The fraction of sp³-hybridized carbons (Fsp3) is 0.154. The van der Waals surface area contributed by atoms with Crippen molar-refractivity contribution >= 4 is 51.8 Å². The molecule has 0 saturated heterocycles. The first-order valence-corrected chi connectivity index (χ1v) is 8.16. The number of halogens is 1. The van der Waals surface area contributed by atoms with Crippen molar-refractivity contribution in [2.24, 2.45) is 0 Å². The van der Waals surface area contributed by atoms with Crippen LogP contribution in [-0.4, -0.2) is 27.6 Å². The number of rotatable bonds is 4. The number of nitrogens with one attached hydrogen (secondary N) is 1. The van der Waals surface area contributed by atoms with Crippen LogP contribution < -0.4 is 5.32 Å². The van der Waals surface area contributed by atoms with E-state index < -0.39 is 11.9 Å². The molecule has 1 aromatic carbocycles. The molecule has 110 valence electrons. The fourth-order valence-corrected chi connectivity index (χ4v) is 3.11. The van der Waals surface area contributed by atoms with Crippen LogP contribution in [0.2, 0.25) is 5.02 Å². The molecule has 2 aromatic rings. The maximum Gasteiger partial charge on any atom is 0.340 e. The van der Waals surface area contributed by atoms with E-state index in [0.717, 1.165) is 16.4 Å². The van der Waals surface area contributed by atoms with Gasteiger partial charge in [-0.15, -0.1) is 11.8 Å². The first-order valence-electron chi connectivity index (χ1n) is 5.78. The zero-order valence-electron chi connectivity index (χ0n) is 11.1. The number of hydrogen-bond acceptors (Lipinski definition) is 5. The molecule has 0 aliphatic heterocycles. The van der Waals surface area contributed by atoms with Crippen LogP contribution in [0.25, 0.3) is 0 Å². The molecule has 0 unspecified atom stereocenters. The number of carbonyl (C=O) groups excluding carboxylic acids is 1. The van der Waals surface area contributed by atoms with Crippen LogP contribution in [0, 0.1) is 6.92 Å². The summed E-state index contributed by atoms with van der Waals surface area (Å²) in [7, 11) is 0. The second kappa shape index (κ2) is 6.46. The van der Waals surface area contributed by atoms with E-state index in [-0.39, 0.29) is 10.6 Å². The van der Waals surface area contributed by atoms with Crippen LogP contribution in [0.3, 0.4) is 0 Å². The minimum absolute atomic E-state index is 0.00509. The molecule has 1 amide bonds. The number of aryl methyl sites for hydroxylation is 1. The van der Waals surface area contributed by atoms with E-state index in [1.54, 1.807) is 19.1 Å². The van der Waals surface area contributed by atoms with Gasteiger partial charge in [0.2, 0.25) is 0 Å². The lowest BCUT2D eigenvalue weighted by molar-refractivity contribution is 0.0697. The van der Waals surface area contributed by atoms with Crippen molar-refractivity contribution in [1.82, 2.24) is 4.37 Å². The topological polar surface area (TPSA) is 79.3 Å². The molecular weight excluding hydrogens is 332 g/mol. The maximum atomic E-state index is 12.3. The highest BCUT2D eigenvalue weighted by Gasteiger charge is 2.20. The van der Waals surface area contributed by atoms with Gasteiger partial charge in [0, 0.05) is 4.90 Å². The largest absolute Gasteiger partial charge is 0.478 e. The van der Waals surface area contributed by atoms with Crippen molar-refractivity contribution < 1.29 is 14.7 Å². The van der Waals surface area contributed by atoms with Crippen molar-refractivity contribution in [2.45, 2.75) is 11.8 Å². The molecule has 0 radical (unpaired) electrons. The summed E-state index contributed by atoms with van der Waals surface area (Å²) in [6.45, 7) is 1.58. The van der Waals surface area contributed by atoms with Gasteiger partial charge < -0.3 is 10.4 Å². The van der Waals surface area contributed by atoms with E-state index in [9.17, 15) is 9.59 Å². The van der Waals surface area contributed by atoms with Gasteiger partial charge in [-0.2, -0.15) is 4.37 Å². The first kappa shape index (κ1) is 15.8. The van der Waals surface area contributed by atoms with Gasteiger partial charge >= 0.3 is 5.97 Å². The molecule has 0 atom stereocenters. The second-order valence-corrected chi connectivity index (χ2v) is 6.14. The SMILES string of the molecule is CSc1ccc(Cl)c(C(=O)Nc2snc(C)c2C(=O)O)c1. The molecule has 21 heavy (non-hydrogen) atoms. The Bertz CT molecular complexity index is 715. The number of thioether (sulfide) groups is 1. The molecule has 2 N–H and O–H groups in total. The summed E-state index contributed by atoms with van der Waals surface area (Å²) in [6.07, 6.45) is 1.89. The molecule has 1 heterocycles. The highest BCUT2D eigenvalue weighted by atomic mass is 35.5. The number of nitrogens with zero attached hydrogens (tertiary/aromatic N) is 1. The second-order valence-electron chi connectivity index (χ2n) is 4.08. The zero-order valence-corrected chi connectivity index (χ0v) is 13.5. The van der Waals surface area contributed by atoms with Gasteiger partial charge in [-0.1, -0.05) is 11.6 Å². The summed E-state index contributed by atoms with van der Waals surface area (Å²) in [5, 5.41) is 12.2. The van der Waals surface area contributed by atoms with Crippen molar-refractivity contribution in [3.63, 3.8) is 0 Å². The molecule has 0 aliphatic carbocycles. The summed E-state index contributed by atoms with van der Waals surface area (Å²) in [5.41, 5.74) is 0.670. The van der Waals surface area contributed by atoms with Crippen LogP contribution in [0.5, 0.6) is 0 Å². The van der Waals surface area contributed by atoms with Crippen molar-refractivity contribution in [3.8, 4) is 0 Å². The van der Waals surface area contributed by atoms with E-state index in [0.29, 0.717) is 16.3 Å². The van der Waals surface area contributed by atoms with E-state index in [4.69, 9.17) is 16.7 Å². The molecule has 1 aromatic heterocycles. The van der Waals surface area contributed by atoms with Gasteiger partial charge in [0.25, 0.3) is 5.91 Å². The maximum absolute atomic E-state index is 12.3. The molecule has 0 bridgehead atoms. The Morgan fingerprint density at radius 3 is 2.76 bits per heavy atom. The molecule has 5 nitrogen and oxygen atoms in total. The zero-order chi connectivity index (χ0) is 15.6. The normalized spacial score (nSPS) is 10.4. The summed E-state index contributed by atoms with van der Waals surface area (Å²) < 4.78 is 3.95. The third-order valence-corrected chi connectivity index (χ3v) is 4.63. The number of aromatic nitrogens is 1. The quantitative estimate of drug-likeness (QED) is 0.827. The summed E-state index contributed by atoms with van der Waals surface area (Å²) in [4.78, 5) is 24.3. The van der Waals surface area contributed by atoms with Gasteiger partial charge in [-0.05, 0) is 42.9 Å². The number of carbonyl (C=O) groups is 2. The number of benzene rings is 1. The Labute approximate surface area is 134 Å². The highest BCUT2D eigenvalue weighted by Crippen LogP contribution is 2.27. The molecule has 8 heteroatoms. The molecule has 0 fully saturated rings. The summed E-state index contributed by atoms with van der Waals surface area (Å²) >= 11 is 8.44. The van der Waals surface area contributed by atoms with E-state index in [1.165, 1.54) is 11.8 Å². The first-order chi connectivity index (χ1) is 9.93. The standard InChI is InChI=1S/C13H11ClN2O3S2/c1-6-10(13(18)19)12(21-16-6)15-11(17)8-5-7(20-2)3-4-9(8)14/h3-5H,1-2H3,(H,15,17)(H,18,19). The predicted molar refractivity (Wildman–Crippen MR) is 85.0 cm³/mol. The lowest BCUT2D eigenvalue weighted by atomic mass is 10.2. The molecule has 0 aliphatic rings. The monoisotopic (exact) mass is 342 g/mol. The smallest absolute Gasteiger partial charge is 0.340 e. The number of hydrogen-bond donors (Lipinski definition) is 2. The van der Waals surface area contributed by atoms with E-state index in [2.05, 4.69) is 9.69 Å². The molecule has 0 spiro atoms. The Morgan fingerprint density at radius 1 is 1.43 bits per heavy atom. The number of amides is 1. The van der Waals surface area contributed by atoms with Crippen LogP contribution in [0.4, 0.5) is 5.00 Å². The minimum atomic E-state index is -1.12. The van der Waals surface area contributed by atoms with Crippen molar-refractivity contribution in [3.05, 3.63) is 40.0 Å². The summed E-state index contributed by atoms with van der Waals surface area (Å²) in [5.74, 6) is -1.58. The highest BCUT2D eigenvalue weighted by molar-refractivity contribution is 7.98. The van der Waals surface area contributed by atoms with E-state index in [1.807, 2.05) is 12.3 Å². The third kappa shape index (κ3) is 3.37. The molecule has 2 rings (SSSR count). The Hall–Kier alpha value is -1.57. The lowest BCUT2D eigenvalue weighted by Crippen LogP contribution is -2.14. The lowest BCUT2D eigenvalue weighted by Gasteiger charge is -2.07. The van der Waals surface area contributed by atoms with Crippen molar-refractivity contribution in [1.29, 1.82) is 0 Å². The van der Waals surface area contributed by atoms with Gasteiger partial charge in [0.15, 0.2) is 0 Å². The Balaban J connectivity index is 2.33. The number of carboxylic acids is 1. The number of anilines is 1. The van der Waals surface area contributed by atoms with Crippen LogP contribution >= 0.6 is 34.9 Å². The Morgan fingerprint density at radius 2 is 2.14 bits per heavy atom. The molecule has 0 saturated carbocycles. The van der Waals surface area contributed by atoms with E-state index >= 15 is 0 Å². The van der Waals surface area contributed by atoms with Gasteiger partial charge in [0.05, 0.1) is 16.3 Å². The molecular formula is C13H11ClN2O3S2. The Kier molecular flexibility index (Phi) is 4.87. The van der Waals surface area contributed by atoms with Crippen LogP contribution in [0.15, 0.2) is 23.1 Å². The van der Waals surface area contributed by atoms with Gasteiger partial charge in [-0.25, -0.2) is 4.79 Å². The fourth-order valence-electron chi connectivity index (χ4n) is 1.68.